The fraction of sp³-hybridized carbons (Fsp3) is 0.810. The number of piperidine rings is 1. The molecule has 0 unspecified atom stereocenters. The van der Waals surface area contributed by atoms with Crippen molar-refractivity contribution in [3.05, 3.63) is 17.0 Å². The van der Waals surface area contributed by atoms with Crippen molar-refractivity contribution in [1.82, 2.24) is 25.7 Å². The number of nitrogens with zero attached hydrogens (tertiary/aromatic N) is 2. The van der Waals surface area contributed by atoms with Crippen LogP contribution in [0.5, 0.6) is 0 Å². The maximum Gasteiger partial charge on any atom is 0.228 e. The number of aryl methyl sites for hydroxylation is 1. The highest BCUT2D eigenvalue weighted by molar-refractivity contribution is 5.83. The summed E-state index contributed by atoms with van der Waals surface area (Å²) in [5, 5.41) is 14.4. The number of aromatic nitrogens is 2. The van der Waals surface area contributed by atoms with Gasteiger partial charge < -0.3 is 15.4 Å². The summed E-state index contributed by atoms with van der Waals surface area (Å²) in [7, 11) is 0. The number of morpholine rings is 1. The van der Waals surface area contributed by atoms with E-state index in [2.05, 4.69) is 25.7 Å². The highest BCUT2D eigenvalue weighted by Gasteiger charge is 2.50. The van der Waals surface area contributed by atoms with Crippen molar-refractivity contribution >= 4 is 5.91 Å². The predicted molar refractivity (Wildman–Crippen MR) is 106 cm³/mol. The number of amides is 1. The van der Waals surface area contributed by atoms with Gasteiger partial charge in [-0.3, -0.25) is 14.8 Å². The zero-order chi connectivity index (χ0) is 19.0. The van der Waals surface area contributed by atoms with E-state index in [0.717, 1.165) is 83.6 Å². The Morgan fingerprint density at radius 1 is 1.29 bits per heavy atom. The van der Waals surface area contributed by atoms with E-state index < -0.39 is 0 Å². The van der Waals surface area contributed by atoms with Gasteiger partial charge in [-0.2, -0.15) is 5.10 Å². The summed E-state index contributed by atoms with van der Waals surface area (Å²) in [6, 6.07) is 0.613. The highest BCUT2D eigenvalue weighted by Crippen LogP contribution is 2.46. The normalized spacial score (nSPS) is 33.3. The number of fused-ring (bicyclic) bond motifs is 2. The van der Waals surface area contributed by atoms with E-state index in [1.807, 2.05) is 0 Å². The van der Waals surface area contributed by atoms with Gasteiger partial charge in [0.15, 0.2) is 0 Å². The molecule has 7 nitrogen and oxygen atoms in total. The van der Waals surface area contributed by atoms with Crippen LogP contribution in [-0.4, -0.2) is 66.4 Å². The molecule has 28 heavy (non-hydrogen) atoms. The van der Waals surface area contributed by atoms with E-state index in [0.29, 0.717) is 18.5 Å². The van der Waals surface area contributed by atoms with Crippen LogP contribution in [0.2, 0.25) is 0 Å². The summed E-state index contributed by atoms with van der Waals surface area (Å²) in [4.78, 5) is 16.0. The van der Waals surface area contributed by atoms with Gasteiger partial charge in [0.2, 0.25) is 5.91 Å². The van der Waals surface area contributed by atoms with Gasteiger partial charge in [0.1, 0.15) is 0 Å². The molecule has 0 bridgehead atoms. The first-order valence-electron chi connectivity index (χ1n) is 11.1. The third-order valence-electron chi connectivity index (χ3n) is 7.69. The Hall–Kier alpha value is -1.44. The van der Waals surface area contributed by atoms with Gasteiger partial charge in [-0.15, -0.1) is 0 Å². The summed E-state index contributed by atoms with van der Waals surface area (Å²) >= 11 is 0. The molecule has 5 rings (SSSR count). The van der Waals surface area contributed by atoms with Crippen LogP contribution in [-0.2, 0) is 28.9 Å². The zero-order valence-corrected chi connectivity index (χ0v) is 16.8. The van der Waals surface area contributed by atoms with Crippen LogP contribution in [0.1, 0.15) is 49.1 Å². The number of rotatable bonds is 4. The molecule has 4 aliphatic rings. The number of carbonyl (C=O) groups is 1. The monoisotopic (exact) mass is 387 g/mol. The Kier molecular flexibility index (Phi) is 5.15. The molecule has 1 aromatic rings. The van der Waals surface area contributed by atoms with Gasteiger partial charge in [-0.05, 0) is 63.0 Å². The summed E-state index contributed by atoms with van der Waals surface area (Å²) in [5.74, 6) is 0.708. The van der Waals surface area contributed by atoms with Gasteiger partial charge in [0, 0.05) is 31.4 Å². The molecular weight excluding hydrogens is 354 g/mol. The molecule has 3 atom stereocenters. The van der Waals surface area contributed by atoms with Crippen LogP contribution >= 0.6 is 0 Å². The molecule has 2 saturated heterocycles. The fourth-order valence-electron chi connectivity index (χ4n) is 6.04. The average molecular weight is 388 g/mol. The van der Waals surface area contributed by atoms with Crippen LogP contribution < -0.4 is 10.6 Å². The predicted octanol–water partition coefficient (Wildman–Crippen LogP) is 0.995. The number of ether oxygens (including phenoxy) is 1. The van der Waals surface area contributed by atoms with Gasteiger partial charge in [-0.1, -0.05) is 0 Å². The molecular formula is C21H33N5O2. The fourth-order valence-corrected chi connectivity index (χ4v) is 6.04. The van der Waals surface area contributed by atoms with Crippen LogP contribution in [0.25, 0.3) is 0 Å². The first kappa shape index (κ1) is 18.6. The van der Waals surface area contributed by atoms with E-state index >= 15 is 0 Å². The summed E-state index contributed by atoms with van der Waals surface area (Å²) in [5.41, 5.74) is 3.40. The Bertz CT molecular complexity index is 714. The van der Waals surface area contributed by atoms with E-state index in [9.17, 15) is 4.79 Å². The van der Waals surface area contributed by atoms with E-state index in [-0.39, 0.29) is 11.3 Å². The van der Waals surface area contributed by atoms with Crippen molar-refractivity contribution in [1.29, 1.82) is 0 Å². The lowest BCUT2D eigenvalue weighted by molar-refractivity contribution is -0.140. The van der Waals surface area contributed by atoms with Crippen molar-refractivity contribution in [3.8, 4) is 0 Å². The minimum Gasteiger partial charge on any atom is -0.379 e. The Morgan fingerprint density at radius 2 is 2.18 bits per heavy atom. The van der Waals surface area contributed by atoms with Crippen LogP contribution in [0.15, 0.2) is 0 Å². The molecule has 0 radical (unpaired) electrons. The first-order valence-corrected chi connectivity index (χ1v) is 11.1. The number of nitrogens with one attached hydrogen (secondary N) is 3. The van der Waals surface area contributed by atoms with E-state index in [4.69, 9.17) is 4.74 Å². The lowest BCUT2D eigenvalue weighted by Crippen LogP contribution is -2.60. The maximum atomic E-state index is 13.4. The lowest BCUT2D eigenvalue weighted by Gasteiger charge is -2.50. The average Bonchev–Trinajstić information content (AvgIpc) is 3.36. The minimum atomic E-state index is -0.249. The second-order valence-electron chi connectivity index (χ2n) is 9.06. The van der Waals surface area contributed by atoms with E-state index in [1.165, 1.54) is 17.7 Å². The Balaban J connectivity index is 1.26. The smallest absolute Gasteiger partial charge is 0.228 e. The molecule has 1 saturated carbocycles. The number of H-pyrrole nitrogens is 1. The van der Waals surface area contributed by atoms with Crippen molar-refractivity contribution < 1.29 is 9.53 Å². The molecule has 7 heteroatoms. The quantitative estimate of drug-likeness (QED) is 0.718. The lowest BCUT2D eigenvalue weighted by atomic mass is 9.61. The first-order chi connectivity index (χ1) is 13.8. The number of carbonyl (C=O) groups excluding carboxylic acids is 1. The molecule has 3 N–H and O–H groups in total. The summed E-state index contributed by atoms with van der Waals surface area (Å²) in [6.45, 7) is 6.19. The molecule has 3 fully saturated rings. The summed E-state index contributed by atoms with van der Waals surface area (Å²) < 4.78 is 5.53. The molecule has 0 aromatic carbocycles. The molecule has 2 aliphatic heterocycles. The van der Waals surface area contributed by atoms with Crippen molar-refractivity contribution in [2.24, 2.45) is 11.3 Å². The third-order valence-corrected chi connectivity index (χ3v) is 7.69. The van der Waals surface area contributed by atoms with Gasteiger partial charge in [-0.25, -0.2) is 0 Å². The van der Waals surface area contributed by atoms with Crippen molar-refractivity contribution in [3.63, 3.8) is 0 Å². The second kappa shape index (κ2) is 7.76. The largest absolute Gasteiger partial charge is 0.379 e. The minimum absolute atomic E-state index is 0.236. The zero-order valence-electron chi connectivity index (χ0n) is 16.8. The van der Waals surface area contributed by atoms with Gasteiger partial charge in [0.05, 0.1) is 30.9 Å². The molecule has 1 amide bonds. The van der Waals surface area contributed by atoms with E-state index in [1.54, 1.807) is 0 Å². The molecule has 1 aromatic heterocycles. The second-order valence-corrected chi connectivity index (χ2v) is 9.06. The van der Waals surface area contributed by atoms with Crippen molar-refractivity contribution in [2.75, 3.05) is 39.4 Å². The number of aromatic amines is 1. The Labute approximate surface area is 167 Å². The topological polar surface area (TPSA) is 82.3 Å². The van der Waals surface area contributed by atoms with Crippen molar-refractivity contribution in [2.45, 2.75) is 57.5 Å². The van der Waals surface area contributed by atoms with Gasteiger partial charge >= 0.3 is 0 Å². The van der Waals surface area contributed by atoms with Gasteiger partial charge in [0.25, 0.3) is 0 Å². The SMILES string of the molecule is O=C(NCc1n[nH]c2c1CCC2)[C@@]12CC[C@H](N3CCOCC3)C[C@H]1CCNC2. The van der Waals surface area contributed by atoms with Crippen LogP contribution in [0, 0.1) is 11.3 Å². The molecule has 0 spiro atoms. The maximum absolute atomic E-state index is 13.4. The Morgan fingerprint density at radius 3 is 3.07 bits per heavy atom. The molecule has 3 heterocycles. The standard InChI is InChI=1S/C21H33N5O2/c27-20(23-13-19-17-2-1-3-18(17)24-25-19)21-6-4-16(26-8-10-28-11-9-26)12-15(21)5-7-22-14-21/h15-16,22H,1-14H2,(H,23,27)(H,24,25)/t15-,16+,21-/m1/s1. The molecule has 154 valence electrons. The molecule has 2 aliphatic carbocycles. The van der Waals surface area contributed by atoms with Crippen LogP contribution in [0.4, 0.5) is 0 Å². The summed E-state index contributed by atoms with van der Waals surface area (Å²) in [6.07, 6.45) is 7.73. The highest BCUT2D eigenvalue weighted by atomic mass is 16.5. The third kappa shape index (κ3) is 3.27. The number of hydrogen-bond donors (Lipinski definition) is 3. The van der Waals surface area contributed by atoms with Crippen LogP contribution in [0.3, 0.4) is 0 Å². The number of hydrogen-bond acceptors (Lipinski definition) is 5.